The lowest BCUT2D eigenvalue weighted by atomic mass is 9.77. The Morgan fingerprint density at radius 1 is 0.642 bits per heavy atom. The number of aromatic amines is 1. The zero-order valence-corrected chi connectivity index (χ0v) is 42.6. The molecule has 3 aromatic heterocycles. The molecule has 3 fully saturated rings. The summed E-state index contributed by atoms with van der Waals surface area (Å²) in [6.45, 7) is 6.16. The molecule has 67 heavy (non-hydrogen) atoms. The van der Waals surface area contributed by atoms with E-state index >= 15 is 0 Å². The number of nitriles is 2. The molecule has 5 aromatic carbocycles. The van der Waals surface area contributed by atoms with Crippen molar-refractivity contribution in [2.45, 2.75) is 77.5 Å². The van der Waals surface area contributed by atoms with Gasteiger partial charge in [-0.3, -0.25) is 23.5 Å². The number of aliphatic hydroxyl groups excluding tert-OH is 1. The second-order valence-electron chi connectivity index (χ2n) is 16.9. The van der Waals surface area contributed by atoms with Crippen LogP contribution in [0.4, 0.5) is 0 Å². The SMILES string of the molecule is CC(C1CC1)n1c(=O)sc2cc(-c3ccccc3C#N)ccc21.CC(C1CC1)n1c(=O)sc2cc(Br)ccc21.CC(O)C1CC1.N#Cc1ccccc1B(O)O.O=c1[nH]c2ccc(Br)cc2s1. The van der Waals surface area contributed by atoms with Crippen LogP contribution in [0.3, 0.4) is 0 Å². The minimum absolute atomic E-state index is 0.00176. The van der Waals surface area contributed by atoms with Crippen molar-refractivity contribution in [3.8, 4) is 23.3 Å². The molecule has 0 aliphatic heterocycles. The predicted molar refractivity (Wildman–Crippen MR) is 280 cm³/mol. The summed E-state index contributed by atoms with van der Waals surface area (Å²) in [5.41, 5.74) is 6.10. The van der Waals surface area contributed by atoms with E-state index in [2.05, 4.69) is 56.8 Å². The summed E-state index contributed by atoms with van der Waals surface area (Å²) >= 11 is 10.6. The number of aliphatic hydroxyl groups is 1. The average Bonchev–Trinajstić information content (AvgIpc) is 4.20. The standard InChI is InChI=1S/C19H16N2OS.C12H12BrNOS.C7H6BNO2.C7H4BrNOS.C5H10O/c1-12(13-6-7-13)21-17-9-8-14(10-18(17)23-19(21)22)16-5-3-2-4-15(16)11-20;1-7(8-2-3-8)14-10-5-4-9(13)6-11(10)16-12(14)15;9-5-6-3-1-2-4-7(6)8(10)11;8-4-1-2-5-6(3-4)11-7(10)9-5;1-4(6)5-2-3-5/h2-5,8-10,12-13H,6-7H2,1H3;4-8H,2-3H2,1H3;1-4,10-11H;1-3H,(H,9,10);4-6H,2-3H2,1H3. The molecule has 0 amide bonds. The molecule has 0 radical (unpaired) electrons. The van der Waals surface area contributed by atoms with Crippen molar-refractivity contribution < 1.29 is 15.2 Å². The number of aromatic nitrogens is 3. The average molecular weight is 1080 g/mol. The summed E-state index contributed by atoms with van der Waals surface area (Å²) in [5.74, 6) is 2.01. The number of nitrogens with zero attached hydrogens (tertiary/aromatic N) is 4. The van der Waals surface area contributed by atoms with Crippen LogP contribution < -0.4 is 20.1 Å². The smallest absolute Gasteiger partial charge is 0.423 e. The van der Waals surface area contributed by atoms with Crippen LogP contribution in [0.2, 0.25) is 0 Å². The Bertz CT molecular complexity index is 3280. The van der Waals surface area contributed by atoms with Crippen molar-refractivity contribution in [1.29, 1.82) is 10.5 Å². The Kier molecular flexibility index (Phi) is 16.7. The van der Waals surface area contributed by atoms with Crippen molar-refractivity contribution in [3.05, 3.63) is 152 Å². The molecule has 3 unspecified atom stereocenters. The highest BCUT2D eigenvalue weighted by molar-refractivity contribution is 9.10. The Morgan fingerprint density at radius 3 is 1.64 bits per heavy atom. The molecule has 11 nitrogen and oxygen atoms in total. The lowest BCUT2D eigenvalue weighted by Gasteiger charge is -2.12. The van der Waals surface area contributed by atoms with Gasteiger partial charge in [-0.05, 0) is 154 Å². The molecule has 3 aliphatic rings. The number of rotatable bonds is 7. The van der Waals surface area contributed by atoms with Crippen molar-refractivity contribution >= 4 is 109 Å². The van der Waals surface area contributed by atoms with Gasteiger partial charge < -0.3 is 20.1 Å². The van der Waals surface area contributed by atoms with Crippen LogP contribution in [-0.4, -0.2) is 42.5 Å². The van der Waals surface area contributed by atoms with Crippen LogP contribution in [0.15, 0.2) is 126 Å². The molecule has 3 saturated carbocycles. The molecular weight excluding hydrogens is 1030 g/mol. The van der Waals surface area contributed by atoms with Crippen molar-refractivity contribution in [2.75, 3.05) is 0 Å². The molecule has 11 rings (SSSR count). The first-order valence-electron chi connectivity index (χ1n) is 21.9. The lowest BCUT2D eigenvalue weighted by Crippen LogP contribution is -2.31. The number of hydrogen-bond acceptors (Lipinski definition) is 11. The van der Waals surface area contributed by atoms with Gasteiger partial charge in [-0.25, -0.2) is 0 Å². The first-order chi connectivity index (χ1) is 32.2. The Labute approximate surface area is 416 Å². The van der Waals surface area contributed by atoms with E-state index in [1.54, 1.807) is 12.1 Å². The van der Waals surface area contributed by atoms with Crippen LogP contribution in [-0.2, 0) is 0 Å². The summed E-state index contributed by atoms with van der Waals surface area (Å²) < 4.78 is 9.00. The van der Waals surface area contributed by atoms with Gasteiger partial charge in [0, 0.05) is 21.0 Å². The first-order valence-corrected chi connectivity index (χ1v) is 26.0. The maximum absolute atomic E-state index is 12.4. The second-order valence-corrected chi connectivity index (χ2v) is 21.7. The molecule has 344 valence electrons. The van der Waals surface area contributed by atoms with Gasteiger partial charge in [0.2, 0.25) is 0 Å². The van der Waals surface area contributed by atoms with Gasteiger partial charge in [0.25, 0.3) is 0 Å². The zero-order valence-electron chi connectivity index (χ0n) is 36.9. The fraction of sp³-hybridized carbons (Fsp3) is 0.300. The molecule has 3 atom stereocenters. The molecule has 0 bridgehead atoms. The zero-order chi connectivity index (χ0) is 47.9. The molecule has 3 aliphatic carbocycles. The van der Waals surface area contributed by atoms with Gasteiger partial charge in [-0.1, -0.05) is 108 Å². The Morgan fingerprint density at radius 2 is 1.13 bits per heavy atom. The van der Waals surface area contributed by atoms with Crippen LogP contribution >= 0.6 is 65.9 Å². The third-order valence-electron chi connectivity index (χ3n) is 12.0. The maximum Gasteiger partial charge on any atom is 0.489 e. The van der Waals surface area contributed by atoms with Crippen LogP contribution in [0.25, 0.3) is 41.8 Å². The van der Waals surface area contributed by atoms with Gasteiger partial charge >= 0.3 is 21.7 Å². The summed E-state index contributed by atoms with van der Waals surface area (Å²) in [6, 6.07) is 36.5. The topological polar surface area (TPSA) is 185 Å². The largest absolute Gasteiger partial charge is 0.489 e. The molecule has 8 aromatic rings. The lowest BCUT2D eigenvalue weighted by molar-refractivity contribution is 0.171. The molecule has 4 N–H and O–H groups in total. The molecule has 0 saturated heterocycles. The highest BCUT2D eigenvalue weighted by atomic mass is 79.9. The number of H-pyrrole nitrogens is 1. The van der Waals surface area contributed by atoms with Gasteiger partial charge in [-0.2, -0.15) is 10.5 Å². The van der Waals surface area contributed by atoms with Gasteiger partial charge in [0.1, 0.15) is 0 Å². The fourth-order valence-electron chi connectivity index (χ4n) is 7.72. The highest BCUT2D eigenvalue weighted by Gasteiger charge is 2.32. The van der Waals surface area contributed by atoms with Crippen LogP contribution in [0.1, 0.15) is 82.5 Å². The fourth-order valence-corrected chi connectivity index (χ4v) is 11.5. The van der Waals surface area contributed by atoms with Crippen molar-refractivity contribution in [3.63, 3.8) is 0 Å². The van der Waals surface area contributed by atoms with Gasteiger partial charge in [0.05, 0.1) is 60.0 Å². The predicted octanol–water partition coefficient (Wildman–Crippen LogP) is 10.7. The molecule has 17 heteroatoms. The van der Waals surface area contributed by atoms with Crippen molar-refractivity contribution in [1.82, 2.24) is 14.1 Å². The normalized spacial score (nSPS) is 15.2. The number of thiazole rings is 3. The number of hydrogen-bond donors (Lipinski definition) is 4. The third kappa shape index (κ3) is 12.8. The third-order valence-corrected chi connectivity index (χ3v) is 15.7. The Balaban J connectivity index is 0.000000133. The number of nitrogens with one attached hydrogen (secondary N) is 1. The number of halogens is 2. The first kappa shape index (κ1) is 49.9. The summed E-state index contributed by atoms with van der Waals surface area (Å²) in [6.07, 6.45) is 7.43. The molecule has 0 spiro atoms. The molecular formula is C50H48BBr2N5O6S3. The Hall–Kier alpha value is -4.95. The minimum Gasteiger partial charge on any atom is -0.423 e. The highest BCUT2D eigenvalue weighted by Crippen LogP contribution is 2.42. The van der Waals surface area contributed by atoms with E-state index in [-0.39, 0.29) is 32.2 Å². The summed E-state index contributed by atoms with van der Waals surface area (Å²) in [4.78, 5) is 38.3. The van der Waals surface area contributed by atoms with Crippen molar-refractivity contribution in [2.24, 2.45) is 17.8 Å². The van der Waals surface area contributed by atoms with E-state index in [0.717, 1.165) is 50.7 Å². The van der Waals surface area contributed by atoms with E-state index in [1.165, 1.54) is 84.7 Å². The second kappa shape index (κ2) is 22.4. The summed E-state index contributed by atoms with van der Waals surface area (Å²) in [5, 5.41) is 43.9. The van der Waals surface area contributed by atoms with E-state index in [1.807, 2.05) is 101 Å². The van der Waals surface area contributed by atoms with Gasteiger partial charge in [-0.15, -0.1) is 0 Å². The number of benzene rings is 5. The summed E-state index contributed by atoms with van der Waals surface area (Å²) in [7, 11) is -1.56. The number of fused-ring (bicyclic) bond motifs is 3. The van der Waals surface area contributed by atoms with E-state index in [4.69, 9.17) is 20.4 Å². The van der Waals surface area contributed by atoms with Gasteiger partial charge in [0.15, 0.2) is 0 Å². The van der Waals surface area contributed by atoms with Crippen LogP contribution in [0.5, 0.6) is 0 Å². The van der Waals surface area contributed by atoms with E-state index in [9.17, 15) is 19.6 Å². The van der Waals surface area contributed by atoms with Crippen LogP contribution in [0, 0.1) is 40.4 Å². The minimum atomic E-state index is -1.56. The van der Waals surface area contributed by atoms with E-state index in [0.29, 0.717) is 34.9 Å². The molecule has 3 heterocycles. The quantitative estimate of drug-likeness (QED) is 0.114. The maximum atomic E-state index is 12.4. The van der Waals surface area contributed by atoms with E-state index < -0.39 is 7.12 Å². The monoisotopic (exact) mass is 1080 g/mol.